The van der Waals surface area contributed by atoms with Crippen LogP contribution in [0.25, 0.3) is 0 Å². The second-order valence-corrected chi connectivity index (χ2v) is 9.30. The standard InChI is InChI=1S/C27H23FN2O4/c28-20-5-1-18(2-6-20)16-33-21-7-3-19(4-8-21)26(10-11-26)25(32)30-14-12-27(17-30)23-9-13-29-15-22(23)24(31)34-27/h1-9,13,15H,10-12,14,16-17H2. The number of hydrogen-bond acceptors (Lipinski definition) is 5. The highest BCUT2D eigenvalue weighted by Crippen LogP contribution is 2.52. The van der Waals surface area contributed by atoms with E-state index in [1.807, 2.05) is 35.2 Å². The second-order valence-electron chi connectivity index (χ2n) is 9.30. The fourth-order valence-corrected chi connectivity index (χ4v) is 5.17. The number of halogens is 1. The number of carbonyl (C=O) groups is 2. The minimum atomic E-state index is -0.765. The number of benzene rings is 2. The average molecular weight is 458 g/mol. The van der Waals surface area contributed by atoms with E-state index in [1.54, 1.807) is 24.5 Å². The summed E-state index contributed by atoms with van der Waals surface area (Å²) in [6, 6.07) is 15.7. The van der Waals surface area contributed by atoms with Crippen LogP contribution in [0, 0.1) is 5.82 Å². The number of fused-ring (bicyclic) bond motifs is 2. The molecule has 1 aliphatic carbocycles. The summed E-state index contributed by atoms with van der Waals surface area (Å²) in [5.41, 5.74) is 1.89. The highest BCUT2D eigenvalue weighted by atomic mass is 19.1. The topological polar surface area (TPSA) is 68.7 Å². The lowest BCUT2D eigenvalue weighted by Crippen LogP contribution is -2.40. The van der Waals surface area contributed by atoms with Crippen LogP contribution in [0.4, 0.5) is 4.39 Å². The molecule has 0 N–H and O–H groups in total. The lowest BCUT2D eigenvalue weighted by Gasteiger charge is -2.27. The molecule has 1 spiro atoms. The first-order valence-corrected chi connectivity index (χ1v) is 11.4. The van der Waals surface area contributed by atoms with E-state index in [0.29, 0.717) is 37.4 Å². The first-order chi connectivity index (χ1) is 16.5. The van der Waals surface area contributed by atoms with Gasteiger partial charge in [-0.2, -0.15) is 0 Å². The molecule has 2 aliphatic heterocycles. The summed E-state index contributed by atoms with van der Waals surface area (Å²) in [5, 5.41) is 0. The van der Waals surface area contributed by atoms with Crippen molar-refractivity contribution in [2.75, 3.05) is 13.1 Å². The molecule has 0 bridgehead atoms. The Balaban J connectivity index is 1.15. The highest BCUT2D eigenvalue weighted by molar-refractivity contribution is 5.95. The molecule has 1 saturated carbocycles. The average Bonchev–Trinajstić information content (AvgIpc) is 3.50. The molecule has 1 atom stereocenters. The van der Waals surface area contributed by atoms with Crippen LogP contribution in [0.1, 0.15) is 46.3 Å². The van der Waals surface area contributed by atoms with E-state index in [9.17, 15) is 14.0 Å². The molecule has 34 heavy (non-hydrogen) atoms. The fraction of sp³-hybridized carbons (Fsp3) is 0.296. The molecular weight excluding hydrogens is 435 g/mol. The summed E-state index contributed by atoms with van der Waals surface area (Å²) in [4.78, 5) is 31.8. The Hall–Kier alpha value is -3.74. The molecule has 7 heteroatoms. The van der Waals surface area contributed by atoms with Crippen LogP contribution in [0.15, 0.2) is 67.0 Å². The van der Waals surface area contributed by atoms with Crippen molar-refractivity contribution in [3.8, 4) is 5.75 Å². The molecule has 2 aromatic carbocycles. The van der Waals surface area contributed by atoms with E-state index in [2.05, 4.69) is 4.98 Å². The van der Waals surface area contributed by atoms with Gasteiger partial charge in [0.05, 0.1) is 17.5 Å². The number of esters is 1. The highest BCUT2D eigenvalue weighted by Gasteiger charge is 2.57. The van der Waals surface area contributed by atoms with Crippen molar-refractivity contribution in [3.05, 3.63) is 95.1 Å². The van der Waals surface area contributed by atoms with Crippen LogP contribution < -0.4 is 4.74 Å². The number of amides is 1. The minimum Gasteiger partial charge on any atom is -0.489 e. The zero-order valence-electron chi connectivity index (χ0n) is 18.5. The third kappa shape index (κ3) is 3.34. The van der Waals surface area contributed by atoms with Gasteiger partial charge in [-0.25, -0.2) is 9.18 Å². The number of rotatable bonds is 5. The van der Waals surface area contributed by atoms with E-state index >= 15 is 0 Å². The van der Waals surface area contributed by atoms with Crippen molar-refractivity contribution in [1.29, 1.82) is 0 Å². The largest absolute Gasteiger partial charge is 0.489 e. The summed E-state index contributed by atoms with van der Waals surface area (Å²) < 4.78 is 24.7. The lowest BCUT2D eigenvalue weighted by molar-refractivity contribution is -0.134. The Morgan fingerprint density at radius 1 is 1.06 bits per heavy atom. The molecule has 0 radical (unpaired) electrons. The molecule has 1 amide bonds. The van der Waals surface area contributed by atoms with Gasteiger partial charge in [-0.3, -0.25) is 9.78 Å². The number of ether oxygens (including phenoxy) is 2. The summed E-state index contributed by atoms with van der Waals surface area (Å²) >= 11 is 0. The van der Waals surface area contributed by atoms with Crippen molar-refractivity contribution in [2.24, 2.45) is 0 Å². The molecule has 6 rings (SSSR count). The number of carbonyl (C=O) groups excluding carboxylic acids is 2. The monoisotopic (exact) mass is 458 g/mol. The SMILES string of the molecule is O=C1OC2(CCN(C(=O)C3(c4ccc(OCc5ccc(F)cc5)cc4)CC3)C2)c2ccncc21. The quantitative estimate of drug-likeness (QED) is 0.538. The Labute approximate surface area is 196 Å². The summed E-state index contributed by atoms with van der Waals surface area (Å²) in [7, 11) is 0. The van der Waals surface area contributed by atoms with E-state index in [-0.39, 0.29) is 17.7 Å². The van der Waals surface area contributed by atoms with E-state index < -0.39 is 11.0 Å². The van der Waals surface area contributed by atoms with E-state index in [4.69, 9.17) is 9.47 Å². The van der Waals surface area contributed by atoms with Crippen LogP contribution in [-0.4, -0.2) is 34.8 Å². The van der Waals surface area contributed by atoms with Gasteiger partial charge < -0.3 is 14.4 Å². The fourth-order valence-electron chi connectivity index (χ4n) is 5.17. The predicted octanol–water partition coefficient (Wildman–Crippen LogP) is 4.13. The molecule has 1 unspecified atom stereocenters. The smallest absolute Gasteiger partial charge is 0.341 e. The second kappa shape index (κ2) is 7.65. The summed E-state index contributed by atoms with van der Waals surface area (Å²) in [6.45, 7) is 1.26. The van der Waals surface area contributed by atoms with Gasteiger partial charge in [0, 0.05) is 30.9 Å². The summed E-state index contributed by atoms with van der Waals surface area (Å²) in [6.07, 6.45) is 5.39. The number of pyridine rings is 1. The van der Waals surface area contributed by atoms with Crippen molar-refractivity contribution in [2.45, 2.75) is 36.9 Å². The van der Waals surface area contributed by atoms with Crippen LogP contribution in [0.5, 0.6) is 5.75 Å². The molecule has 3 heterocycles. The van der Waals surface area contributed by atoms with Crippen LogP contribution in [0.2, 0.25) is 0 Å². The van der Waals surface area contributed by atoms with Crippen molar-refractivity contribution in [1.82, 2.24) is 9.88 Å². The first kappa shape index (κ1) is 20.8. The van der Waals surface area contributed by atoms with Gasteiger partial charge >= 0.3 is 5.97 Å². The van der Waals surface area contributed by atoms with Gasteiger partial charge in [0.25, 0.3) is 0 Å². The third-order valence-corrected chi connectivity index (χ3v) is 7.22. The molecule has 1 aromatic heterocycles. The molecule has 6 nitrogen and oxygen atoms in total. The molecule has 3 aromatic rings. The molecule has 172 valence electrons. The molecule has 3 aliphatic rings. The normalized spacial score (nSPS) is 21.9. The Morgan fingerprint density at radius 2 is 1.82 bits per heavy atom. The van der Waals surface area contributed by atoms with Gasteiger partial charge in [-0.1, -0.05) is 24.3 Å². The first-order valence-electron chi connectivity index (χ1n) is 11.4. The van der Waals surface area contributed by atoms with Gasteiger partial charge in [0.2, 0.25) is 5.91 Å². The van der Waals surface area contributed by atoms with Crippen molar-refractivity contribution < 1.29 is 23.5 Å². The Morgan fingerprint density at radius 3 is 2.56 bits per heavy atom. The maximum absolute atomic E-state index is 13.6. The number of aromatic nitrogens is 1. The number of nitrogens with zero attached hydrogens (tertiary/aromatic N) is 2. The van der Waals surface area contributed by atoms with Crippen molar-refractivity contribution in [3.63, 3.8) is 0 Å². The minimum absolute atomic E-state index is 0.0860. The van der Waals surface area contributed by atoms with Crippen LogP contribution >= 0.6 is 0 Å². The van der Waals surface area contributed by atoms with Crippen LogP contribution in [0.3, 0.4) is 0 Å². The maximum atomic E-state index is 13.6. The molecule has 2 fully saturated rings. The Kier molecular flexibility index (Phi) is 4.69. The van der Waals surface area contributed by atoms with Gasteiger partial charge in [-0.15, -0.1) is 0 Å². The zero-order chi connectivity index (χ0) is 23.3. The Bertz CT molecular complexity index is 1270. The van der Waals surface area contributed by atoms with E-state index in [0.717, 1.165) is 29.5 Å². The van der Waals surface area contributed by atoms with Gasteiger partial charge in [-0.05, 0) is 54.3 Å². The van der Waals surface area contributed by atoms with Gasteiger partial charge in [0.15, 0.2) is 5.60 Å². The lowest BCUT2D eigenvalue weighted by atomic mass is 9.92. The van der Waals surface area contributed by atoms with Crippen LogP contribution in [-0.2, 0) is 27.2 Å². The number of hydrogen-bond donors (Lipinski definition) is 0. The number of likely N-dealkylation sites (tertiary alicyclic amines) is 1. The van der Waals surface area contributed by atoms with Crippen molar-refractivity contribution >= 4 is 11.9 Å². The summed E-state index contributed by atoms with van der Waals surface area (Å²) in [5.74, 6) is 0.140. The van der Waals surface area contributed by atoms with E-state index in [1.165, 1.54) is 12.1 Å². The maximum Gasteiger partial charge on any atom is 0.341 e. The predicted molar refractivity (Wildman–Crippen MR) is 121 cm³/mol. The van der Waals surface area contributed by atoms with Gasteiger partial charge in [0.1, 0.15) is 18.2 Å². The third-order valence-electron chi connectivity index (χ3n) is 7.22. The molecule has 1 saturated heterocycles. The molecular formula is C27H23FN2O4. The zero-order valence-corrected chi connectivity index (χ0v) is 18.5.